The van der Waals surface area contributed by atoms with Crippen LogP contribution in [0.3, 0.4) is 0 Å². The molecule has 1 aromatic heterocycles. The Hall–Kier alpha value is -2.46. The van der Waals surface area contributed by atoms with Gasteiger partial charge in [0.15, 0.2) is 0 Å². The number of alkyl halides is 3. The van der Waals surface area contributed by atoms with Crippen molar-refractivity contribution in [2.24, 2.45) is 0 Å². The summed E-state index contributed by atoms with van der Waals surface area (Å²) < 4.78 is 43.7. The van der Waals surface area contributed by atoms with Crippen LogP contribution in [-0.4, -0.2) is 38.4 Å². The van der Waals surface area contributed by atoms with Crippen LogP contribution in [0.4, 0.5) is 13.2 Å². The van der Waals surface area contributed by atoms with E-state index in [0.717, 1.165) is 22.5 Å². The van der Waals surface area contributed by atoms with E-state index in [9.17, 15) is 18.3 Å². The first kappa shape index (κ1) is 18.3. The molecule has 0 amide bonds. The summed E-state index contributed by atoms with van der Waals surface area (Å²) in [4.78, 5) is 0. The van der Waals surface area contributed by atoms with Gasteiger partial charge in [-0.2, -0.15) is 13.2 Å². The number of fused-ring (bicyclic) bond motifs is 1. The number of aliphatic hydroxyl groups excluding tert-OH is 1. The summed E-state index contributed by atoms with van der Waals surface area (Å²) in [7, 11) is 0. The van der Waals surface area contributed by atoms with Crippen LogP contribution in [0.5, 0.6) is 5.75 Å². The second-order valence-corrected chi connectivity index (χ2v) is 6.45. The molecule has 3 aromatic rings. The number of benzene rings is 2. The van der Waals surface area contributed by atoms with Crippen molar-refractivity contribution < 1.29 is 23.0 Å². The van der Waals surface area contributed by atoms with Crippen LogP contribution < -0.4 is 10.6 Å². The highest BCUT2D eigenvalue weighted by atomic mass is 32.2. The maximum atomic E-state index is 12.6. The Bertz CT molecular complexity index is 901. The zero-order valence-corrected chi connectivity index (χ0v) is 14.2. The van der Waals surface area contributed by atoms with E-state index in [-0.39, 0.29) is 17.5 Å². The molecule has 138 valence electrons. The van der Waals surface area contributed by atoms with Gasteiger partial charge in [-0.3, -0.25) is 0 Å². The van der Waals surface area contributed by atoms with Crippen molar-refractivity contribution in [1.29, 1.82) is 0 Å². The van der Waals surface area contributed by atoms with Crippen LogP contribution in [-0.2, 0) is 6.18 Å². The second-order valence-electron chi connectivity index (χ2n) is 5.46. The van der Waals surface area contributed by atoms with Gasteiger partial charge in [0.2, 0.25) is 5.16 Å². The number of halogens is 3. The SMILES string of the molecule is Nn1c(SC[C@H](O)COc2ccc3ccccc3c2)nnc1C(F)(F)F. The van der Waals surface area contributed by atoms with Crippen LogP contribution in [0.15, 0.2) is 47.6 Å². The van der Waals surface area contributed by atoms with E-state index in [1.54, 1.807) is 6.07 Å². The zero-order valence-electron chi connectivity index (χ0n) is 13.3. The molecular weight excluding hydrogens is 369 g/mol. The number of hydrogen-bond acceptors (Lipinski definition) is 6. The predicted octanol–water partition coefficient (Wildman–Crippen LogP) is 2.70. The van der Waals surface area contributed by atoms with Gasteiger partial charge < -0.3 is 15.7 Å². The molecule has 26 heavy (non-hydrogen) atoms. The maximum absolute atomic E-state index is 12.6. The largest absolute Gasteiger partial charge is 0.491 e. The van der Waals surface area contributed by atoms with Gasteiger partial charge in [-0.15, -0.1) is 10.2 Å². The van der Waals surface area contributed by atoms with Crippen LogP contribution in [0.25, 0.3) is 10.8 Å². The average Bonchev–Trinajstić information content (AvgIpc) is 2.99. The first-order valence-electron chi connectivity index (χ1n) is 7.55. The van der Waals surface area contributed by atoms with Crippen molar-refractivity contribution in [3.05, 3.63) is 48.3 Å². The van der Waals surface area contributed by atoms with E-state index < -0.39 is 18.1 Å². The third-order valence-corrected chi connectivity index (χ3v) is 4.57. The van der Waals surface area contributed by atoms with E-state index in [4.69, 9.17) is 10.6 Å². The number of nitrogens with two attached hydrogens (primary N) is 1. The van der Waals surface area contributed by atoms with Crippen molar-refractivity contribution in [2.75, 3.05) is 18.2 Å². The molecule has 0 aliphatic heterocycles. The fourth-order valence-electron chi connectivity index (χ4n) is 2.24. The summed E-state index contributed by atoms with van der Waals surface area (Å²) >= 11 is 0.864. The highest BCUT2D eigenvalue weighted by Gasteiger charge is 2.38. The van der Waals surface area contributed by atoms with Crippen molar-refractivity contribution >= 4 is 22.5 Å². The molecule has 3 N–H and O–H groups in total. The van der Waals surface area contributed by atoms with E-state index in [0.29, 0.717) is 10.4 Å². The lowest BCUT2D eigenvalue weighted by atomic mass is 10.1. The van der Waals surface area contributed by atoms with Gasteiger partial charge in [0.05, 0.1) is 6.10 Å². The summed E-state index contributed by atoms with van der Waals surface area (Å²) in [5.41, 5.74) is 0. The van der Waals surface area contributed by atoms with Crippen LogP contribution in [0, 0.1) is 0 Å². The third kappa shape index (κ3) is 4.20. The Labute approximate surface area is 150 Å². The summed E-state index contributed by atoms with van der Waals surface area (Å²) in [6.07, 6.45) is -5.60. The van der Waals surface area contributed by atoms with Crippen LogP contribution >= 0.6 is 11.8 Å². The smallest absolute Gasteiger partial charge is 0.453 e. The zero-order chi connectivity index (χ0) is 18.7. The molecular formula is C16H15F3N4O2S. The van der Waals surface area contributed by atoms with Gasteiger partial charge in [-0.25, -0.2) is 4.68 Å². The van der Waals surface area contributed by atoms with Crippen LogP contribution in [0.1, 0.15) is 5.82 Å². The number of ether oxygens (including phenoxy) is 1. The Morgan fingerprint density at radius 3 is 2.58 bits per heavy atom. The molecule has 1 atom stereocenters. The first-order valence-corrected chi connectivity index (χ1v) is 8.53. The lowest BCUT2D eigenvalue weighted by molar-refractivity contribution is -0.146. The predicted molar refractivity (Wildman–Crippen MR) is 91.3 cm³/mol. The molecule has 1 heterocycles. The van der Waals surface area contributed by atoms with E-state index in [2.05, 4.69) is 10.2 Å². The van der Waals surface area contributed by atoms with Gasteiger partial charge >= 0.3 is 6.18 Å². The molecule has 0 radical (unpaired) electrons. The second kappa shape index (κ2) is 7.42. The molecule has 2 aromatic carbocycles. The maximum Gasteiger partial charge on any atom is 0.453 e. The standard InChI is InChI=1S/C16H15F3N4O2S/c17-16(18,19)14-21-22-15(23(14)20)26-9-12(24)8-25-13-6-5-10-3-1-2-4-11(10)7-13/h1-7,12,24H,8-9,20H2/t12-/m1/s1. The number of rotatable bonds is 6. The van der Waals surface area contributed by atoms with Gasteiger partial charge in [0.25, 0.3) is 5.82 Å². The molecule has 3 rings (SSSR count). The molecule has 0 spiro atoms. The van der Waals surface area contributed by atoms with Crippen molar-refractivity contribution in [3.8, 4) is 5.75 Å². The van der Waals surface area contributed by atoms with Crippen molar-refractivity contribution in [1.82, 2.24) is 14.9 Å². The number of nitrogen functional groups attached to an aromatic ring is 1. The number of hydrogen-bond donors (Lipinski definition) is 2. The molecule has 0 saturated heterocycles. The quantitative estimate of drug-likeness (QED) is 0.502. The minimum absolute atomic E-state index is 0.0177. The van der Waals surface area contributed by atoms with E-state index in [1.165, 1.54) is 0 Å². The molecule has 0 unspecified atom stereocenters. The fraction of sp³-hybridized carbons (Fsp3) is 0.250. The minimum Gasteiger partial charge on any atom is -0.491 e. The number of aliphatic hydroxyl groups is 1. The number of thioether (sulfide) groups is 1. The van der Waals surface area contributed by atoms with Gasteiger partial charge in [0.1, 0.15) is 12.4 Å². The van der Waals surface area contributed by atoms with Gasteiger partial charge in [0, 0.05) is 5.75 Å². The third-order valence-electron chi connectivity index (χ3n) is 3.49. The Morgan fingerprint density at radius 2 is 1.88 bits per heavy atom. The monoisotopic (exact) mass is 384 g/mol. The summed E-state index contributed by atoms with van der Waals surface area (Å²) in [5, 5.41) is 18.3. The number of aromatic nitrogens is 3. The Morgan fingerprint density at radius 1 is 1.15 bits per heavy atom. The Kier molecular flexibility index (Phi) is 5.23. The van der Waals surface area contributed by atoms with Crippen molar-refractivity contribution in [2.45, 2.75) is 17.4 Å². The Balaban J connectivity index is 1.54. The summed E-state index contributed by atoms with van der Waals surface area (Å²) in [5.74, 6) is 4.69. The molecule has 0 aliphatic carbocycles. The molecule has 10 heteroatoms. The topological polar surface area (TPSA) is 86.2 Å². The van der Waals surface area contributed by atoms with Crippen molar-refractivity contribution in [3.63, 3.8) is 0 Å². The lowest BCUT2D eigenvalue weighted by Gasteiger charge is -2.12. The highest BCUT2D eigenvalue weighted by Crippen LogP contribution is 2.29. The van der Waals surface area contributed by atoms with Gasteiger partial charge in [-0.05, 0) is 22.9 Å². The van der Waals surface area contributed by atoms with Crippen LogP contribution in [0.2, 0.25) is 0 Å². The molecule has 0 bridgehead atoms. The summed E-state index contributed by atoms with van der Waals surface area (Å²) in [6, 6.07) is 13.3. The lowest BCUT2D eigenvalue weighted by Crippen LogP contribution is -2.23. The molecule has 6 nitrogen and oxygen atoms in total. The summed E-state index contributed by atoms with van der Waals surface area (Å²) in [6.45, 7) is -0.0177. The van der Waals surface area contributed by atoms with E-state index >= 15 is 0 Å². The fourth-order valence-corrected chi connectivity index (χ4v) is 3.00. The highest BCUT2D eigenvalue weighted by molar-refractivity contribution is 7.99. The molecule has 0 fully saturated rings. The van der Waals surface area contributed by atoms with Gasteiger partial charge in [-0.1, -0.05) is 42.1 Å². The van der Waals surface area contributed by atoms with E-state index in [1.807, 2.05) is 36.4 Å². The number of nitrogens with zero attached hydrogens (tertiary/aromatic N) is 3. The molecule has 0 aliphatic rings. The first-order chi connectivity index (χ1) is 12.3. The minimum atomic E-state index is -4.68. The average molecular weight is 384 g/mol. The normalized spacial score (nSPS) is 13.1. The molecule has 0 saturated carbocycles.